The third-order valence-corrected chi connectivity index (χ3v) is 6.97. The van der Waals surface area contributed by atoms with Crippen LogP contribution in [-0.4, -0.2) is 24.5 Å². The van der Waals surface area contributed by atoms with E-state index >= 15 is 0 Å². The van der Waals surface area contributed by atoms with Crippen molar-refractivity contribution in [2.45, 2.75) is 37.8 Å². The molecule has 1 saturated carbocycles. The monoisotopic (exact) mass is 380 g/mol. The lowest BCUT2D eigenvalue weighted by atomic mass is 10.1. The van der Waals surface area contributed by atoms with Crippen LogP contribution in [0, 0.1) is 0 Å². The third kappa shape index (κ3) is 3.13. The molecular weight excluding hydrogens is 364 g/mol. The summed E-state index contributed by atoms with van der Waals surface area (Å²) < 4.78 is 2.29. The zero-order valence-electron chi connectivity index (χ0n) is 9.96. The second kappa shape index (κ2) is 6.15. The highest BCUT2D eigenvalue weighted by Crippen LogP contribution is 2.38. The lowest BCUT2D eigenvalue weighted by molar-refractivity contribution is 0.182. The Hall–Kier alpha value is 0.580. The predicted octanol–water partition coefficient (Wildman–Crippen LogP) is 4.15. The molecule has 1 fully saturated rings. The van der Waals surface area contributed by atoms with Crippen molar-refractivity contribution in [2.75, 3.05) is 13.6 Å². The molecule has 1 aromatic heterocycles. The maximum Gasteiger partial charge on any atom is 0.0843 e. The van der Waals surface area contributed by atoms with E-state index in [0.717, 1.165) is 8.26 Å². The molecule has 1 aliphatic rings. The number of rotatable bonds is 4. The molecule has 0 amide bonds. The van der Waals surface area contributed by atoms with Gasteiger partial charge in [0.25, 0.3) is 0 Å². The molecule has 96 valence electrons. The zero-order valence-corrected chi connectivity index (χ0v) is 13.9. The standard InChI is InChI=1S/C12H18Br2N2S/c1-16(8-4-2-3-5-8)10(7-15)11-6-9(13)12(14)17-11/h6,8,10H,2-5,7,15H2,1H3. The smallest absolute Gasteiger partial charge is 0.0843 e. The fourth-order valence-corrected chi connectivity index (χ4v) is 4.83. The number of hydrogen-bond donors (Lipinski definition) is 1. The van der Waals surface area contributed by atoms with Gasteiger partial charge in [0.05, 0.1) is 9.83 Å². The van der Waals surface area contributed by atoms with Crippen molar-refractivity contribution in [3.63, 3.8) is 0 Å². The Kier molecular flexibility index (Phi) is 5.06. The Bertz CT molecular complexity index is 355. The van der Waals surface area contributed by atoms with E-state index < -0.39 is 0 Å². The SMILES string of the molecule is CN(C1CCCC1)C(CN)c1cc(Br)c(Br)s1. The van der Waals surface area contributed by atoms with E-state index in [0.29, 0.717) is 18.6 Å². The Balaban J connectivity index is 2.14. The molecule has 1 unspecified atom stereocenters. The molecule has 0 aliphatic heterocycles. The van der Waals surface area contributed by atoms with Crippen LogP contribution in [0.15, 0.2) is 14.3 Å². The highest BCUT2D eigenvalue weighted by atomic mass is 79.9. The molecule has 2 N–H and O–H groups in total. The first kappa shape index (κ1) is 14.0. The van der Waals surface area contributed by atoms with E-state index in [-0.39, 0.29) is 0 Å². The topological polar surface area (TPSA) is 29.3 Å². The maximum absolute atomic E-state index is 5.97. The Labute approximate surface area is 124 Å². The van der Waals surface area contributed by atoms with Gasteiger partial charge in [-0.3, -0.25) is 4.90 Å². The normalized spacial score (nSPS) is 19.1. The van der Waals surface area contributed by atoms with E-state index in [4.69, 9.17) is 5.73 Å². The van der Waals surface area contributed by atoms with Crippen LogP contribution in [0.5, 0.6) is 0 Å². The molecule has 2 rings (SSSR count). The van der Waals surface area contributed by atoms with Gasteiger partial charge in [-0.2, -0.15) is 0 Å². The molecule has 1 heterocycles. The first-order chi connectivity index (χ1) is 8.13. The molecule has 5 heteroatoms. The first-order valence-corrected chi connectivity index (χ1v) is 8.40. The summed E-state index contributed by atoms with van der Waals surface area (Å²) in [5, 5.41) is 0. The van der Waals surface area contributed by atoms with Crippen molar-refractivity contribution in [1.82, 2.24) is 4.90 Å². The third-order valence-electron chi connectivity index (χ3n) is 3.61. The quantitative estimate of drug-likeness (QED) is 0.848. The van der Waals surface area contributed by atoms with Crippen LogP contribution < -0.4 is 5.73 Å². The number of thiophene rings is 1. The summed E-state index contributed by atoms with van der Waals surface area (Å²) in [7, 11) is 2.22. The fraction of sp³-hybridized carbons (Fsp3) is 0.667. The summed E-state index contributed by atoms with van der Waals surface area (Å²) in [6, 6.07) is 3.26. The number of halogens is 2. The molecule has 0 saturated heterocycles. The first-order valence-electron chi connectivity index (χ1n) is 6.00. The van der Waals surface area contributed by atoms with E-state index in [1.165, 1.54) is 30.6 Å². The summed E-state index contributed by atoms with van der Waals surface area (Å²) in [4.78, 5) is 3.82. The van der Waals surface area contributed by atoms with Gasteiger partial charge in [0.1, 0.15) is 0 Å². The van der Waals surface area contributed by atoms with Crippen LogP contribution in [0.1, 0.15) is 36.6 Å². The largest absolute Gasteiger partial charge is 0.329 e. The van der Waals surface area contributed by atoms with Crippen LogP contribution in [0.2, 0.25) is 0 Å². The zero-order chi connectivity index (χ0) is 12.4. The molecule has 0 radical (unpaired) electrons. The molecule has 2 nitrogen and oxygen atoms in total. The number of nitrogens with zero attached hydrogens (tertiary/aromatic N) is 1. The van der Waals surface area contributed by atoms with Crippen LogP contribution in [0.3, 0.4) is 0 Å². The molecular formula is C12H18Br2N2S. The van der Waals surface area contributed by atoms with Crippen molar-refractivity contribution >= 4 is 43.2 Å². The van der Waals surface area contributed by atoms with Crippen molar-refractivity contribution in [3.05, 3.63) is 19.2 Å². The van der Waals surface area contributed by atoms with E-state index in [9.17, 15) is 0 Å². The Morgan fingerprint density at radius 3 is 2.59 bits per heavy atom. The van der Waals surface area contributed by atoms with E-state index in [2.05, 4.69) is 49.9 Å². The van der Waals surface area contributed by atoms with Gasteiger partial charge in [-0.15, -0.1) is 11.3 Å². The predicted molar refractivity (Wildman–Crippen MR) is 81.5 cm³/mol. The highest BCUT2D eigenvalue weighted by molar-refractivity contribution is 9.13. The molecule has 0 bridgehead atoms. The second-order valence-electron chi connectivity index (χ2n) is 4.63. The van der Waals surface area contributed by atoms with Crippen molar-refractivity contribution in [3.8, 4) is 0 Å². The van der Waals surface area contributed by atoms with Gasteiger partial charge < -0.3 is 5.73 Å². The van der Waals surface area contributed by atoms with Gasteiger partial charge in [0.2, 0.25) is 0 Å². The number of hydrogen-bond acceptors (Lipinski definition) is 3. The van der Waals surface area contributed by atoms with Crippen molar-refractivity contribution < 1.29 is 0 Å². The second-order valence-corrected chi connectivity index (χ2v) is 7.88. The summed E-state index contributed by atoms with van der Waals surface area (Å²) in [5.41, 5.74) is 5.97. The molecule has 1 aliphatic carbocycles. The van der Waals surface area contributed by atoms with Gasteiger partial charge in [0, 0.05) is 21.9 Å². The maximum atomic E-state index is 5.97. The van der Waals surface area contributed by atoms with E-state index in [1.807, 2.05) is 0 Å². The van der Waals surface area contributed by atoms with Crippen molar-refractivity contribution in [1.29, 1.82) is 0 Å². The number of nitrogens with two attached hydrogens (primary N) is 1. The minimum absolute atomic E-state index is 0.352. The molecule has 0 spiro atoms. The minimum Gasteiger partial charge on any atom is -0.329 e. The van der Waals surface area contributed by atoms with Gasteiger partial charge in [-0.25, -0.2) is 0 Å². The average molecular weight is 382 g/mol. The highest BCUT2D eigenvalue weighted by Gasteiger charge is 2.27. The van der Waals surface area contributed by atoms with Gasteiger partial charge in [-0.05, 0) is 57.8 Å². The van der Waals surface area contributed by atoms with Gasteiger partial charge in [0.15, 0.2) is 0 Å². The van der Waals surface area contributed by atoms with Crippen LogP contribution in [0.25, 0.3) is 0 Å². The van der Waals surface area contributed by atoms with Crippen LogP contribution in [0.4, 0.5) is 0 Å². The van der Waals surface area contributed by atoms with Crippen LogP contribution >= 0.6 is 43.2 Å². The van der Waals surface area contributed by atoms with Crippen LogP contribution in [-0.2, 0) is 0 Å². The summed E-state index contributed by atoms with van der Waals surface area (Å²) in [6.45, 7) is 0.687. The lowest BCUT2D eigenvalue weighted by Gasteiger charge is -2.31. The summed E-state index contributed by atoms with van der Waals surface area (Å²) in [5.74, 6) is 0. The molecule has 17 heavy (non-hydrogen) atoms. The van der Waals surface area contributed by atoms with E-state index in [1.54, 1.807) is 11.3 Å². The Morgan fingerprint density at radius 2 is 2.12 bits per heavy atom. The fourth-order valence-electron chi connectivity index (χ4n) is 2.58. The summed E-state index contributed by atoms with van der Waals surface area (Å²) in [6.07, 6.45) is 5.37. The molecule has 1 atom stereocenters. The lowest BCUT2D eigenvalue weighted by Crippen LogP contribution is -2.36. The van der Waals surface area contributed by atoms with Gasteiger partial charge in [-0.1, -0.05) is 12.8 Å². The molecule has 0 aromatic carbocycles. The Morgan fingerprint density at radius 1 is 1.47 bits per heavy atom. The molecule has 1 aromatic rings. The van der Waals surface area contributed by atoms with Gasteiger partial charge >= 0.3 is 0 Å². The summed E-state index contributed by atoms with van der Waals surface area (Å²) >= 11 is 8.89. The average Bonchev–Trinajstić information content (AvgIpc) is 2.91. The minimum atomic E-state index is 0.352. The number of likely N-dealkylation sites (N-methyl/N-ethyl adjacent to an activating group) is 1. The van der Waals surface area contributed by atoms with Crippen molar-refractivity contribution in [2.24, 2.45) is 5.73 Å².